The largest absolute Gasteiger partial charge is 0.497 e. The quantitative estimate of drug-likeness (QED) is 0.544. The molecule has 27 heavy (non-hydrogen) atoms. The lowest BCUT2D eigenvalue weighted by atomic mass is 10.1. The maximum absolute atomic E-state index is 12.5. The molecule has 0 radical (unpaired) electrons. The third kappa shape index (κ3) is 3.85. The summed E-state index contributed by atoms with van der Waals surface area (Å²) in [6.07, 6.45) is 0.272. The van der Waals surface area contributed by atoms with Crippen LogP contribution in [0.1, 0.15) is 11.1 Å². The predicted molar refractivity (Wildman–Crippen MR) is 108 cm³/mol. The lowest BCUT2D eigenvalue weighted by molar-refractivity contribution is -0.115. The average molecular weight is 377 g/mol. The molecule has 0 unspecified atom stereocenters. The number of hydrogen-bond donors (Lipinski definition) is 1. The molecule has 0 aliphatic heterocycles. The molecule has 0 fully saturated rings. The Balaban J connectivity index is 1.53. The number of thiophene rings is 1. The van der Waals surface area contributed by atoms with Crippen LogP contribution < -0.4 is 10.1 Å². The number of hydrogen-bond acceptors (Lipinski definition) is 4. The van der Waals surface area contributed by atoms with E-state index in [1.807, 2.05) is 58.6 Å². The summed E-state index contributed by atoms with van der Waals surface area (Å²) in [6.45, 7) is 0.670. The van der Waals surface area contributed by atoms with Gasteiger partial charge in [-0.25, -0.2) is 4.68 Å². The molecule has 1 amide bonds. The van der Waals surface area contributed by atoms with E-state index in [0.29, 0.717) is 12.4 Å². The molecule has 0 saturated carbocycles. The zero-order valence-electron chi connectivity index (χ0n) is 14.9. The van der Waals surface area contributed by atoms with Crippen LogP contribution in [0, 0.1) is 0 Å². The van der Waals surface area contributed by atoms with E-state index in [2.05, 4.69) is 22.5 Å². The van der Waals surface area contributed by atoms with E-state index in [1.54, 1.807) is 18.4 Å². The Bertz CT molecular complexity index is 1070. The van der Waals surface area contributed by atoms with Crippen LogP contribution in [-0.4, -0.2) is 22.8 Å². The molecule has 4 rings (SSSR count). The maximum Gasteiger partial charge on any atom is 0.230 e. The lowest BCUT2D eigenvalue weighted by Gasteiger charge is -2.05. The van der Waals surface area contributed by atoms with Crippen LogP contribution in [0.3, 0.4) is 0 Å². The lowest BCUT2D eigenvalue weighted by Crippen LogP contribution is -2.15. The normalized spacial score (nSPS) is 10.9. The molecule has 0 saturated heterocycles. The number of ether oxygens (including phenoxy) is 1. The third-order valence-electron chi connectivity index (χ3n) is 4.29. The second kappa shape index (κ2) is 7.63. The molecular formula is C21H19N3O2S. The average Bonchev–Trinajstić information content (AvgIpc) is 3.28. The smallest absolute Gasteiger partial charge is 0.230 e. The predicted octanol–water partition coefficient (Wildman–Crippen LogP) is 4.34. The number of rotatable bonds is 6. The van der Waals surface area contributed by atoms with Gasteiger partial charge in [0.25, 0.3) is 0 Å². The molecule has 0 aliphatic carbocycles. The SMILES string of the molecule is COc1cccc(CC(=O)Nc2nn(Cc3ccccc3)c3sccc23)c1. The fraction of sp³-hybridized carbons (Fsp3) is 0.143. The molecule has 0 spiro atoms. The number of benzene rings is 2. The molecular weight excluding hydrogens is 358 g/mol. The minimum Gasteiger partial charge on any atom is -0.497 e. The van der Waals surface area contributed by atoms with Gasteiger partial charge in [-0.1, -0.05) is 42.5 Å². The fourth-order valence-electron chi connectivity index (χ4n) is 3.00. The summed E-state index contributed by atoms with van der Waals surface area (Å²) in [7, 11) is 1.62. The molecule has 2 aromatic carbocycles. The van der Waals surface area contributed by atoms with Crippen molar-refractivity contribution >= 4 is 33.3 Å². The highest BCUT2D eigenvalue weighted by Gasteiger charge is 2.15. The van der Waals surface area contributed by atoms with Crippen LogP contribution in [0.2, 0.25) is 0 Å². The monoisotopic (exact) mass is 377 g/mol. The molecule has 5 nitrogen and oxygen atoms in total. The zero-order valence-corrected chi connectivity index (χ0v) is 15.7. The Morgan fingerprint density at radius 3 is 2.74 bits per heavy atom. The van der Waals surface area contributed by atoms with Gasteiger partial charge in [-0.15, -0.1) is 11.3 Å². The molecule has 6 heteroatoms. The first kappa shape index (κ1) is 17.3. The molecule has 136 valence electrons. The third-order valence-corrected chi connectivity index (χ3v) is 5.21. The standard InChI is InChI=1S/C21H19N3O2S/c1-26-17-9-5-8-16(12-17)13-19(25)22-20-18-10-11-27-21(18)24(23-20)14-15-6-3-2-4-7-15/h2-12H,13-14H2,1H3,(H,22,23,25). The first-order valence-electron chi connectivity index (χ1n) is 8.63. The van der Waals surface area contributed by atoms with Crippen molar-refractivity contribution in [2.24, 2.45) is 0 Å². The number of amides is 1. The molecule has 4 aromatic rings. The van der Waals surface area contributed by atoms with Crippen molar-refractivity contribution in [3.8, 4) is 5.75 Å². The van der Waals surface area contributed by atoms with E-state index in [4.69, 9.17) is 4.74 Å². The zero-order chi connectivity index (χ0) is 18.6. The van der Waals surface area contributed by atoms with Crippen molar-refractivity contribution in [2.75, 3.05) is 12.4 Å². The molecule has 2 heterocycles. The topological polar surface area (TPSA) is 56.1 Å². The minimum atomic E-state index is -0.0966. The van der Waals surface area contributed by atoms with Gasteiger partial charge in [0.05, 0.1) is 25.5 Å². The molecule has 2 aromatic heterocycles. The van der Waals surface area contributed by atoms with Gasteiger partial charge in [0.1, 0.15) is 10.6 Å². The fourth-order valence-corrected chi connectivity index (χ4v) is 3.85. The van der Waals surface area contributed by atoms with Crippen molar-refractivity contribution in [3.63, 3.8) is 0 Å². The van der Waals surface area contributed by atoms with Crippen LogP contribution in [0.25, 0.3) is 10.2 Å². The van der Waals surface area contributed by atoms with Crippen molar-refractivity contribution in [1.82, 2.24) is 9.78 Å². The highest BCUT2D eigenvalue weighted by atomic mass is 32.1. The van der Waals surface area contributed by atoms with E-state index < -0.39 is 0 Å². The Labute approximate surface area is 161 Å². The van der Waals surface area contributed by atoms with Gasteiger partial charge in [0, 0.05) is 0 Å². The summed E-state index contributed by atoms with van der Waals surface area (Å²) >= 11 is 1.62. The molecule has 1 N–H and O–H groups in total. The van der Waals surface area contributed by atoms with Gasteiger partial charge in [0.2, 0.25) is 5.91 Å². The summed E-state index contributed by atoms with van der Waals surface area (Å²) in [5.41, 5.74) is 2.07. The van der Waals surface area contributed by atoms with Crippen molar-refractivity contribution in [3.05, 3.63) is 77.2 Å². The summed E-state index contributed by atoms with van der Waals surface area (Å²) < 4.78 is 7.16. The van der Waals surface area contributed by atoms with Gasteiger partial charge in [-0.05, 0) is 34.7 Å². The second-order valence-corrected chi connectivity index (χ2v) is 7.10. The number of nitrogens with one attached hydrogen (secondary N) is 1. The number of fused-ring (bicyclic) bond motifs is 1. The van der Waals surface area contributed by atoms with E-state index in [0.717, 1.165) is 21.5 Å². The van der Waals surface area contributed by atoms with Crippen LogP contribution in [0.5, 0.6) is 5.75 Å². The first-order valence-corrected chi connectivity index (χ1v) is 9.51. The van der Waals surface area contributed by atoms with Crippen molar-refractivity contribution in [2.45, 2.75) is 13.0 Å². The van der Waals surface area contributed by atoms with E-state index >= 15 is 0 Å². The Kier molecular flexibility index (Phi) is 4.89. The van der Waals surface area contributed by atoms with Gasteiger partial charge in [-0.2, -0.15) is 5.10 Å². The van der Waals surface area contributed by atoms with E-state index in [-0.39, 0.29) is 12.3 Å². The Hall–Kier alpha value is -3.12. The number of nitrogens with zero attached hydrogens (tertiary/aromatic N) is 2. The highest BCUT2D eigenvalue weighted by molar-refractivity contribution is 7.16. The van der Waals surface area contributed by atoms with Crippen LogP contribution in [0.15, 0.2) is 66.0 Å². The van der Waals surface area contributed by atoms with E-state index in [1.165, 1.54) is 5.56 Å². The molecule has 0 bridgehead atoms. The van der Waals surface area contributed by atoms with Gasteiger partial charge in [-0.3, -0.25) is 4.79 Å². The highest BCUT2D eigenvalue weighted by Crippen LogP contribution is 2.28. The van der Waals surface area contributed by atoms with Crippen LogP contribution >= 0.6 is 11.3 Å². The number of carbonyl (C=O) groups is 1. The Morgan fingerprint density at radius 2 is 1.93 bits per heavy atom. The molecule has 0 aliphatic rings. The maximum atomic E-state index is 12.5. The summed E-state index contributed by atoms with van der Waals surface area (Å²) in [6, 6.07) is 19.7. The number of carbonyl (C=O) groups excluding carboxylic acids is 1. The van der Waals surface area contributed by atoms with Gasteiger partial charge < -0.3 is 10.1 Å². The van der Waals surface area contributed by atoms with Crippen molar-refractivity contribution < 1.29 is 9.53 Å². The summed E-state index contributed by atoms with van der Waals surface area (Å²) in [5, 5.41) is 10.6. The Morgan fingerprint density at radius 1 is 1.11 bits per heavy atom. The number of aromatic nitrogens is 2. The van der Waals surface area contributed by atoms with Crippen LogP contribution in [0.4, 0.5) is 5.82 Å². The van der Waals surface area contributed by atoms with E-state index in [9.17, 15) is 4.79 Å². The van der Waals surface area contributed by atoms with Crippen LogP contribution in [-0.2, 0) is 17.8 Å². The molecule has 0 atom stereocenters. The van der Waals surface area contributed by atoms with Gasteiger partial charge in [0.15, 0.2) is 5.82 Å². The second-order valence-electron chi connectivity index (χ2n) is 6.21. The number of anilines is 1. The summed E-state index contributed by atoms with van der Waals surface area (Å²) in [5.74, 6) is 1.25. The first-order chi connectivity index (χ1) is 13.2. The van der Waals surface area contributed by atoms with Crippen molar-refractivity contribution in [1.29, 1.82) is 0 Å². The summed E-state index contributed by atoms with van der Waals surface area (Å²) in [4.78, 5) is 13.6. The minimum absolute atomic E-state index is 0.0966. The van der Waals surface area contributed by atoms with Gasteiger partial charge >= 0.3 is 0 Å². The number of methoxy groups -OCH3 is 1.